The molecule has 1 atom stereocenters. The van der Waals surface area contributed by atoms with Gasteiger partial charge in [0.05, 0.1) is 7.11 Å². The highest BCUT2D eigenvalue weighted by atomic mass is 16.5. The fourth-order valence-electron chi connectivity index (χ4n) is 2.84. The highest BCUT2D eigenvalue weighted by molar-refractivity contribution is 5.77. The van der Waals surface area contributed by atoms with Gasteiger partial charge in [0.2, 0.25) is 0 Å². The van der Waals surface area contributed by atoms with Crippen LogP contribution in [-0.2, 0) is 22.4 Å². The van der Waals surface area contributed by atoms with Crippen molar-refractivity contribution in [1.29, 1.82) is 0 Å². The molecular formula is C16H21NO2. The van der Waals surface area contributed by atoms with Crippen molar-refractivity contribution in [3.05, 3.63) is 34.9 Å². The summed E-state index contributed by atoms with van der Waals surface area (Å²) in [5.74, 6) is -0.178. The fourth-order valence-corrected chi connectivity index (χ4v) is 2.84. The molecule has 1 unspecified atom stereocenters. The monoisotopic (exact) mass is 259 g/mol. The van der Waals surface area contributed by atoms with Gasteiger partial charge in [0, 0.05) is 6.04 Å². The molecule has 0 bridgehead atoms. The predicted molar refractivity (Wildman–Crippen MR) is 74.0 cm³/mol. The molecule has 2 aliphatic carbocycles. The highest BCUT2D eigenvalue weighted by Gasteiger charge is 2.30. The highest BCUT2D eigenvalue weighted by Crippen LogP contribution is 2.28. The standard InChI is InChI=1S/C16H21NO2/c1-19-16(18)15(17-14-8-9-14)13-7-6-11-4-2-3-5-12(11)10-13/h6-7,10,14-15,17H,2-5,8-9H2,1H3. The average Bonchev–Trinajstić information content (AvgIpc) is 3.27. The van der Waals surface area contributed by atoms with E-state index in [1.54, 1.807) is 0 Å². The number of benzene rings is 1. The van der Waals surface area contributed by atoms with Crippen molar-refractivity contribution in [1.82, 2.24) is 5.32 Å². The Balaban J connectivity index is 1.86. The maximum atomic E-state index is 12.0. The van der Waals surface area contributed by atoms with Crippen LogP contribution in [0.25, 0.3) is 0 Å². The molecule has 0 aromatic heterocycles. The topological polar surface area (TPSA) is 38.3 Å². The Bertz CT molecular complexity index is 480. The van der Waals surface area contributed by atoms with Crippen LogP contribution in [-0.4, -0.2) is 19.1 Å². The van der Waals surface area contributed by atoms with Crippen LogP contribution in [0.5, 0.6) is 0 Å². The Morgan fingerprint density at radius 2 is 2.00 bits per heavy atom. The molecule has 0 amide bonds. The number of hydrogen-bond acceptors (Lipinski definition) is 3. The first-order valence-electron chi connectivity index (χ1n) is 7.23. The summed E-state index contributed by atoms with van der Waals surface area (Å²) in [4.78, 5) is 12.0. The normalized spacial score (nSPS) is 19.6. The van der Waals surface area contributed by atoms with Gasteiger partial charge in [-0.1, -0.05) is 18.2 Å². The van der Waals surface area contributed by atoms with Gasteiger partial charge >= 0.3 is 5.97 Å². The first-order valence-corrected chi connectivity index (χ1v) is 7.23. The number of ether oxygens (including phenoxy) is 1. The van der Waals surface area contributed by atoms with E-state index in [0.29, 0.717) is 6.04 Å². The van der Waals surface area contributed by atoms with E-state index in [-0.39, 0.29) is 12.0 Å². The summed E-state index contributed by atoms with van der Waals surface area (Å²) < 4.78 is 4.94. The van der Waals surface area contributed by atoms with E-state index in [9.17, 15) is 4.79 Å². The number of aryl methyl sites for hydroxylation is 2. The minimum Gasteiger partial charge on any atom is -0.468 e. The quantitative estimate of drug-likeness (QED) is 0.844. The molecular weight excluding hydrogens is 238 g/mol. The summed E-state index contributed by atoms with van der Waals surface area (Å²) in [6.45, 7) is 0. The Morgan fingerprint density at radius 1 is 1.26 bits per heavy atom. The second kappa shape index (κ2) is 5.33. The third kappa shape index (κ3) is 2.81. The van der Waals surface area contributed by atoms with Crippen LogP contribution in [0.15, 0.2) is 18.2 Å². The summed E-state index contributed by atoms with van der Waals surface area (Å²) in [5.41, 5.74) is 3.92. The molecule has 0 saturated heterocycles. The summed E-state index contributed by atoms with van der Waals surface area (Å²) in [6.07, 6.45) is 7.19. The lowest BCUT2D eigenvalue weighted by Crippen LogP contribution is -2.31. The minimum atomic E-state index is -0.301. The zero-order valence-corrected chi connectivity index (χ0v) is 11.4. The second-order valence-corrected chi connectivity index (χ2v) is 5.63. The molecule has 0 aliphatic heterocycles. The number of methoxy groups -OCH3 is 1. The largest absolute Gasteiger partial charge is 0.468 e. The van der Waals surface area contributed by atoms with Crippen molar-refractivity contribution in [3.63, 3.8) is 0 Å². The fraction of sp³-hybridized carbons (Fsp3) is 0.562. The molecule has 3 heteroatoms. The molecule has 3 rings (SSSR count). The Kier molecular flexibility index (Phi) is 3.56. The zero-order chi connectivity index (χ0) is 13.2. The van der Waals surface area contributed by atoms with Crippen molar-refractivity contribution in [3.8, 4) is 0 Å². The first-order chi connectivity index (χ1) is 9.28. The van der Waals surface area contributed by atoms with Gasteiger partial charge in [-0.15, -0.1) is 0 Å². The Morgan fingerprint density at radius 3 is 2.68 bits per heavy atom. The van der Waals surface area contributed by atoms with Gasteiger partial charge < -0.3 is 4.74 Å². The number of hydrogen-bond donors (Lipinski definition) is 1. The second-order valence-electron chi connectivity index (χ2n) is 5.63. The third-order valence-corrected chi connectivity index (χ3v) is 4.12. The van der Waals surface area contributed by atoms with E-state index < -0.39 is 0 Å². The zero-order valence-electron chi connectivity index (χ0n) is 11.4. The molecule has 2 aliphatic rings. The van der Waals surface area contributed by atoms with Gasteiger partial charge in [-0.05, 0) is 55.2 Å². The maximum Gasteiger partial charge on any atom is 0.327 e. The summed E-state index contributed by atoms with van der Waals surface area (Å²) in [6, 6.07) is 6.66. The molecule has 1 fully saturated rings. The third-order valence-electron chi connectivity index (χ3n) is 4.12. The van der Waals surface area contributed by atoms with Gasteiger partial charge in [-0.2, -0.15) is 0 Å². The van der Waals surface area contributed by atoms with E-state index in [1.807, 2.05) is 0 Å². The lowest BCUT2D eigenvalue weighted by Gasteiger charge is -2.21. The van der Waals surface area contributed by atoms with Crippen molar-refractivity contribution in [2.75, 3.05) is 7.11 Å². The van der Waals surface area contributed by atoms with Crippen molar-refractivity contribution in [2.24, 2.45) is 0 Å². The van der Waals surface area contributed by atoms with Crippen LogP contribution >= 0.6 is 0 Å². The Labute approximate surface area is 114 Å². The summed E-state index contributed by atoms with van der Waals surface area (Å²) in [7, 11) is 1.46. The molecule has 1 N–H and O–H groups in total. The molecule has 1 aromatic carbocycles. The summed E-state index contributed by atoms with van der Waals surface area (Å²) >= 11 is 0. The number of rotatable bonds is 4. The number of esters is 1. The number of nitrogens with one attached hydrogen (secondary N) is 1. The number of carbonyl (C=O) groups is 1. The van der Waals surface area contributed by atoms with Crippen LogP contribution in [0, 0.1) is 0 Å². The van der Waals surface area contributed by atoms with Gasteiger partial charge in [0.25, 0.3) is 0 Å². The lowest BCUT2D eigenvalue weighted by molar-refractivity contribution is -0.143. The smallest absolute Gasteiger partial charge is 0.327 e. The van der Waals surface area contributed by atoms with Crippen LogP contribution in [0.1, 0.15) is 48.4 Å². The van der Waals surface area contributed by atoms with Crippen LogP contribution in [0.2, 0.25) is 0 Å². The maximum absolute atomic E-state index is 12.0. The van der Waals surface area contributed by atoms with E-state index >= 15 is 0 Å². The number of carbonyl (C=O) groups excluding carboxylic acids is 1. The molecule has 19 heavy (non-hydrogen) atoms. The average molecular weight is 259 g/mol. The first kappa shape index (κ1) is 12.7. The predicted octanol–water partition coefficient (Wildman–Crippen LogP) is 2.53. The van der Waals surface area contributed by atoms with Crippen molar-refractivity contribution >= 4 is 5.97 Å². The van der Waals surface area contributed by atoms with Crippen LogP contribution in [0.4, 0.5) is 0 Å². The van der Waals surface area contributed by atoms with Crippen molar-refractivity contribution in [2.45, 2.75) is 50.6 Å². The molecule has 0 spiro atoms. The molecule has 102 valence electrons. The van der Waals surface area contributed by atoms with E-state index in [2.05, 4.69) is 23.5 Å². The molecule has 0 radical (unpaired) electrons. The lowest BCUT2D eigenvalue weighted by atomic mass is 9.89. The van der Waals surface area contributed by atoms with Crippen molar-refractivity contribution < 1.29 is 9.53 Å². The molecule has 3 nitrogen and oxygen atoms in total. The van der Waals surface area contributed by atoms with E-state index in [0.717, 1.165) is 12.0 Å². The molecule has 1 saturated carbocycles. The minimum absolute atomic E-state index is 0.178. The van der Waals surface area contributed by atoms with Crippen LogP contribution < -0.4 is 5.32 Å². The van der Waals surface area contributed by atoms with Gasteiger partial charge in [0.1, 0.15) is 6.04 Å². The Hall–Kier alpha value is -1.35. The van der Waals surface area contributed by atoms with E-state index in [1.165, 1.54) is 50.3 Å². The van der Waals surface area contributed by atoms with Gasteiger partial charge in [0.15, 0.2) is 0 Å². The van der Waals surface area contributed by atoms with Gasteiger partial charge in [-0.25, -0.2) is 4.79 Å². The van der Waals surface area contributed by atoms with Crippen LogP contribution in [0.3, 0.4) is 0 Å². The van der Waals surface area contributed by atoms with E-state index in [4.69, 9.17) is 4.74 Å². The SMILES string of the molecule is COC(=O)C(NC1CC1)c1ccc2c(c1)CCCC2. The molecule has 0 heterocycles. The summed E-state index contributed by atoms with van der Waals surface area (Å²) in [5, 5.41) is 3.39. The van der Waals surface area contributed by atoms with Gasteiger partial charge in [-0.3, -0.25) is 5.32 Å². The molecule has 1 aromatic rings. The number of fused-ring (bicyclic) bond motifs is 1.